The molecule has 1 N–H and O–H groups in total. The Morgan fingerprint density at radius 1 is 1.14 bits per heavy atom. The summed E-state index contributed by atoms with van der Waals surface area (Å²) in [6, 6.07) is 9.32. The van der Waals surface area contributed by atoms with Gasteiger partial charge in [-0.3, -0.25) is 0 Å². The number of hydrogen-bond donors (Lipinski definition) is 1. The lowest BCUT2D eigenvalue weighted by Crippen LogP contribution is -2.19. The maximum atomic E-state index is 5.45. The highest BCUT2D eigenvalue weighted by Gasteiger charge is 2.03. The number of thioether (sulfide) groups is 1. The van der Waals surface area contributed by atoms with Gasteiger partial charge in [0, 0.05) is 30.4 Å². The molecule has 1 aromatic carbocycles. The SMILES string of the molecule is CCCNC(C)c1ccc(SCCCOCCOC)cc1. The van der Waals surface area contributed by atoms with Crippen molar-refractivity contribution in [3.05, 3.63) is 29.8 Å². The van der Waals surface area contributed by atoms with Crippen molar-refractivity contribution < 1.29 is 9.47 Å². The molecule has 0 aliphatic heterocycles. The summed E-state index contributed by atoms with van der Waals surface area (Å²) in [5.41, 5.74) is 1.36. The molecule has 1 unspecified atom stereocenters. The first-order chi connectivity index (χ1) is 10.3. The van der Waals surface area contributed by atoms with Crippen LogP contribution in [0.25, 0.3) is 0 Å². The lowest BCUT2D eigenvalue weighted by Gasteiger charge is -2.14. The van der Waals surface area contributed by atoms with Crippen LogP contribution >= 0.6 is 11.8 Å². The quantitative estimate of drug-likeness (QED) is 0.468. The number of nitrogens with one attached hydrogen (secondary N) is 1. The molecule has 120 valence electrons. The minimum Gasteiger partial charge on any atom is -0.382 e. The predicted molar refractivity (Wildman–Crippen MR) is 91.2 cm³/mol. The Balaban J connectivity index is 2.19. The third-order valence-corrected chi connectivity index (χ3v) is 4.31. The average molecular weight is 311 g/mol. The second kappa shape index (κ2) is 12.0. The lowest BCUT2D eigenvalue weighted by molar-refractivity contribution is 0.0713. The zero-order valence-electron chi connectivity index (χ0n) is 13.6. The summed E-state index contributed by atoms with van der Waals surface area (Å²) in [4.78, 5) is 1.33. The zero-order chi connectivity index (χ0) is 15.3. The molecule has 3 nitrogen and oxygen atoms in total. The summed E-state index contributed by atoms with van der Waals surface area (Å²) in [6.07, 6.45) is 2.25. The normalized spacial score (nSPS) is 12.5. The molecule has 21 heavy (non-hydrogen) atoms. The molecule has 0 bridgehead atoms. The van der Waals surface area contributed by atoms with E-state index in [4.69, 9.17) is 9.47 Å². The van der Waals surface area contributed by atoms with Gasteiger partial charge < -0.3 is 14.8 Å². The van der Waals surface area contributed by atoms with Crippen LogP contribution in [-0.4, -0.2) is 39.2 Å². The summed E-state index contributed by atoms with van der Waals surface area (Å²) < 4.78 is 10.4. The highest BCUT2D eigenvalue weighted by Crippen LogP contribution is 2.21. The molecule has 0 fully saturated rings. The maximum absolute atomic E-state index is 5.45. The Kier molecular flexibility index (Phi) is 10.6. The van der Waals surface area contributed by atoms with Crippen LogP contribution < -0.4 is 5.32 Å². The third kappa shape index (κ3) is 8.47. The van der Waals surface area contributed by atoms with Crippen LogP contribution in [0.4, 0.5) is 0 Å². The van der Waals surface area contributed by atoms with E-state index >= 15 is 0 Å². The van der Waals surface area contributed by atoms with E-state index in [-0.39, 0.29) is 0 Å². The Morgan fingerprint density at radius 3 is 2.57 bits per heavy atom. The van der Waals surface area contributed by atoms with Gasteiger partial charge in [0.2, 0.25) is 0 Å². The average Bonchev–Trinajstić information content (AvgIpc) is 2.52. The molecular formula is C17H29NO2S. The molecule has 0 spiro atoms. The van der Waals surface area contributed by atoms with Gasteiger partial charge in [0.15, 0.2) is 0 Å². The Morgan fingerprint density at radius 2 is 1.90 bits per heavy atom. The molecule has 0 saturated carbocycles. The number of hydrogen-bond acceptors (Lipinski definition) is 4. The fraction of sp³-hybridized carbons (Fsp3) is 0.647. The first-order valence-electron chi connectivity index (χ1n) is 7.80. The Bertz CT molecular complexity index is 356. The summed E-state index contributed by atoms with van der Waals surface area (Å²) in [5.74, 6) is 1.09. The van der Waals surface area contributed by atoms with Crippen LogP contribution in [-0.2, 0) is 9.47 Å². The fourth-order valence-electron chi connectivity index (χ4n) is 1.93. The zero-order valence-corrected chi connectivity index (χ0v) is 14.4. The van der Waals surface area contributed by atoms with Crippen molar-refractivity contribution in [2.75, 3.05) is 39.2 Å². The molecule has 1 aromatic rings. The van der Waals surface area contributed by atoms with Crippen LogP contribution in [0.15, 0.2) is 29.2 Å². The van der Waals surface area contributed by atoms with E-state index < -0.39 is 0 Å². The molecule has 0 amide bonds. The van der Waals surface area contributed by atoms with Crippen LogP contribution in [0, 0.1) is 0 Å². The third-order valence-electron chi connectivity index (χ3n) is 3.21. The second-order valence-electron chi connectivity index (χ2n) is 5.05. The smallest absolute Gasteiger partial charge is 0.0700 e. The van der Waals surface area contributed by atoms with E-state index in [0.717, 1.165) is 25.3 Å². The summed E-state index contributed by atoms with van der Waals surface area (Å²) >= 11 is 1.89. The van der Waals surface area contributed by atoms with Gasteiger partial charge in [-0.1, -0.05) is 19.1 Å². The molecule has 1 rings (SSSR count). The molecule has 4 heteroatoms. The van der Waals surface area contributed by atoms with Crippen molar-refractivity contribution >= 4 is 11.8 Å². The van der Waals surface area contributed by atoms with Crippen molar-refractivity contribution in [3.8, 4) is 0 Å². The van der Waals surface area contributed by atoms with Crippen molar-refractivity contribution in [2.45, 2.75) is 37.6 Å². The highest BCUT2D eigenvalue weighted by molar-refractivity contribution is 7.99. The number of ether oxygens (including phenoxy) is 2. The van der Waals surface area contributed by atoms with E-state index in [1.54, 1.807) is 7.11 Å². The van der Waals surface area contributed by atoms with Crippen molar-refractivity contribution in [1.82, 2.24) is 5.32 Å². The van der Waals surface area contributed by atoms with Crippen LogP contribution in [0.3, 0.4) is 0 Å². The molecular weight excluding hydrogens is 282 g/mol. The molecule has 0 radical (unpaired) electrons. The van der Waals surface area contributed by atoms with E-state index in [2.05, 4.69) is 43.4 Å². The monoisotopic (exact) mass is 311 g/mol. The van der Waals surface area contributed by atoms with Gasteiger partial charge in [-0.25, -0.2) is 0 Å². The number of methoxy groups -OCH3 is 1. The van der Waals surface area contributed by atoms with Crippen molar-refractivity contribution in [2.24, 2.45) is 0 Å². The molecule has 0 aliphatic rings. The largest absolute Gasteiger partial charge is 0.382 e. The molecule has 1 atom stereocenters. The first-order valence-corrected chi connectivity index (χ1v) is 8.79. The second-order valence-corrected chi connectivity index (χ2v) is 6.22. The highest BCUT2D eigenvalue weighted by atomic mass is 32.2. The van der Waals surface area contributed by atoms with E-state index in [1.807, 2.05) is 11.8 Å². The summed E-state index contributed by atoms with van der Waals surface area (Å²) in [7, 11) is 1.70. The number of rotatable bonds is 12. The molecule has 0 saturated heterocycles. The molecule has 0 aliphatic carbocycles. The number of benzene rings is 1. The lowest BCUT2D eigenvalue weighted by atomic mass is 10.1. The van der Waals surface area contributed by atoms with Crippen molar-refractivity contribution in [1.29, 1.82) is 0 Å². The van der Waals surface area contributed by atoms with Gasteiger partial charge in [-0.15, -0.1) is 11.8 Å². The fourth-order valence-corrected chi connectivity index (χ4v) is 2.75. The van der Waals surface area contributed by atoms with Gasteiger partial charge in [-0.05, 0) is 44.0 Å². The van der Waals surface area contributed by atoms with Gasteiger partial charge in [0.1, 0.15) is 0 Å². The predicted octanol–water partition coefficient (Wildman–Crippen LogP) is 3.89. The first kappa shape index (κ1) is 18.5. The van der Waals surface area contributed by atoms with E-state index in [9.17, 15) is 0 Å². The summed E-state index contributed by atoms with van der Waals surface area (Å²) in [5, 5.41) is 3.51. The standard InChI is InChI=1S/C17H29NO2S/c1-4-10-18-15(2)16-6-8-17(9-7-16)21-14-5-11-20-13-12-19-3/h6-9,15,18H,4-5,10-14H2,1-3H3. The van der Waals surface area contributed by atoms with E-state index in [1.165, 1.54) is 16.9 Å². The van der Waals surface area contributed by atoms with E-state index in [0.29, 0.717) is 19.3 Å². The summed E-state index contributed by atoms with van der Waals surface area (Å²) in [6.45, 7) is 7.66. The van der Waals surface area contributed by atoms with Gasteiger partial charge >= 0.3 is 0 Å². The van der Waals surface area contributed by atoms with Crippen molar-refractivity contribution in [3.63, 3.8) is 0 Å². The minimum atomic E-state index is 0.429. The van der Waals surface area contributed by atoms with Gasteiger partial charge in [-0.2, -0.15) is 0 Å². The maximum Gasteiger partial charge on any atom is 0.0700 e. The molecule has 0 heterocycles. The van der Waals surface area contributed by atoms with Crippen LogP contribution in [0.5, 0.6) is 0 Å². The minimum absolute atomic E-state index is 0.429. The van der Waals surface area contributed by atoms with Gasteiger partial charge in [0.25, 0.3) is 0 Å². The van der Waals surface area contributed by atoms with Crippen LogP contribution in [0.2, 0.25) is 0 Å². The Labute approximate surface area is 133 Å². The Hall–Kier alpha value is -0.550. The molecule has 0 aromatic heterocycles. The van der Waals surface area contributed by atoms with Gasteiger partial charge in [0.05, 0.1) is 13.2 Å². The van der Waals surface area contributed by atoms with Crippen LogP contribution in [0.1, 0.15) is 38.3 Å². The topological polar surface area (TPSA) is 30.5 Å².